The number of hydrogen-bond acceptors (Lipinski definition) is 2. The van der Waals surface area contributed by atoms with E-state index >= 15 is 0 Å². The minimum absolute atomic E-state index is 0.937. The van der Waals surface area contributed by atoms with Gasteiger partial charge in [-0.15, -0.1) is 0 Å². The van der Waals surface area contributed by atoms with E-state index in [9.17, 15) is 0 Å². The molecule has 3 nitrogen and oxygen atoms in total. The van der Waals surface area contributed by atoms with Gasteiger partial charge in [0.15, 0.2) is 0 Å². The third-order valence-corrected chi connectivity index (χ3v) is 1.86. The van der Waals surface area contributed by atoms with Gasteiger partial charge < -0.3 is 4.90 Å². The molecule has 0 unspecified atom stereocenters. The molecule has 0 bridgehead atoms. The first-order valence-electron chi connectivity index (χ1n) is 4.02. The highest BCUT2D eigenvalue weighted by molar-refractivity contribution is 5.36. The molecule has 0 aliphatic carbocycles. The van der Waals surface area contributed by atoms with Gasteiger partial charge in [0.25, 0.3) is 0 Å². The minimum Gasteiger partial charge on any atom is -0.360 e. The van der Waals surface area contributed by atoms with Crippen molar-refractivity contribution in [2.24, 2.45) is 0 Å². The molecule has 0 aliphatic rings. The molecule has 0 N–H and O–H groups in total. The fourth-order valence-corrected chi connectivity index (χ4v) is 1.06. The number of aryl methyl sites for hydroxylation is 1. The summed E-state index contributed by atoms with van der Waals surface area (Å²) in [6.07, 6.45) is 1.84. The summed E-state index contributed by atoms with van der Waals surface area (Å²) in [5.74, 6) is 1.19. The van der Waals surface area contributed by atoms with Crippen LogP contribution in [-0.4, -0.2) is 23.4 Å². The smallest absolute Gasteiger partial charge is 0.126 e. The molecule has 1 aromatic heterocycles. The Morgan fingerprint density at radius 2 is 2.27 bits per heavy atom. The van der Waals surface area contributed by atoms with Crippen molar-refractivity contribution >= 4 is 5.82 Å². The van der Waals surface area contributed by atoms with Crippen molar-refractivity contribution in [3.8, 4) is 0 Å². The summed E-state index contributed by atoms with van der Waals surface area (Å²) < 4.78 is 1.99. The lowest BCUT2D eigenvalue weighted by atomic mass is 10.5. The molecule has 1 heterocycles. The van der Waals surface area contributed by atoms with Crippen LogP contribution < -0.4 is 4.90 Å². The Kier molecular flexibility index (Phi) is 2.52. The van der Waals surface area contributed by atoms with Gasteiger partial charge in [0, 0.05) is 26.2 Å². The zero-order valence-electron chi connectivity index (χ0n) is 7.41. The Bertz CT molecular complexity index is 217. The lowest BCUT2D eigenvalue weighted by Crippen LogP contribution is -2.19. The van der Waals surface area contributed by atoms with Crippen molar-refractivity contribution in [3.63, 3.8) is 0 Å². The number of hydrogen-bond donors (Lipinski definition) is 0. The van der Waals surface area contributed by atoms with Crippen LogP contribution in [0.4, 0.5) is 5.82 Å². The van der Waals surface area contributed by atoms with Crippen LogP contribution in [-0.2, 0) is 6.54 Å². The van der Waals surface area contributed by atoms with E-state index in [1.165, 1.54) is 5.82 Å². The summed E-state index contributed by atoms with van der Waals surface area (Å²) in [7, 11) is 2.07. The van der Waals surface area contributed by atoms with Crippen LogP contribution in [0.15, 0.2) is 12.3 Å². The number of rotatable bonds is 3. The Labute approximate surface area is 67.6 Å². The molecule has 0 fully saturated rings. The summed E-state index contributed by atoms with van der Waals surface area (Å²) in [6, 6.07) is 2.03. The maximum absolute atomic E-state index is 4.18. The van der Waals surface area contributed by atoms with Crippen molar-refractivity contribution in [2.45, 2.75) is 20.4 Å². The number of anilines is 1. The molecule has 62 valence electrons. The Hall–Kier alpha value is -0.990. The molecule has 0 amide bonds. The third kappa shape index (κ3) is 1.53. The van der Waals surface area contributed by atoms with Gasteiger partial charge >= 0.3 is 0 Å². The fraction of sp³-hybridized carbons (Fsp3) is 0.625. The second-order valence-electron chi connectivity index (χ2n) is 2.52. The standard InChI is InChI=1S/C8H15N3/c1-4-10(3)8-6-7-9-11(8)5-2/h6-7H,4-5H2,1-3H3. The van der Waals surface area contributed by atoms with E-state index in [0.717, 1.165) is 13.1 Å². The molecule has 0 aliphatic heterocycles. The summed E-state index contributed by atoms with van der Waals surface area (Å²) in [4.78, 5) is 2.18. The van der Waals surface area contributed by atoms with E-state index in [1.54, 1.807) is 0 Å². The molecule has 1 rings (SSSR count). The van der Waals surface area contributed by atoms with Crippen molar-refractivity contribution in [1.82, 2.24) is 9.78 Å². The normalized spacial score (nSPS) is 10.1. The molecule has 0 aromatic carbocycles. The van der Waals surface area contributed by atoms with Crippen molar-refractivity contribution < 1.29 is 0 Å². The second kappa shape index (κ2) is 3.42. The highest BCUT2D eigenvalue weighted by atomic mass is 15.4. The summed E-state index contributed by atoms with van der Waals surface area (Å²) in [5, 5.41) is 4.18. The van der Waals surface area contributed by atoms with Crippen LogP contribution in [0.3, 0.4) is 0 Å². The van der Waals surface area contributed by atoms with Crippen molar-refractivity contribution in [3.05, 3.63) is 12.3 Å². The third-order valence-electron chi connectivity index (χ3n) is 1.86. The molecule has 0 atom stereocenters. The Balaban J connectivity index is 2.83. The molecule has 0 spiro atoms. The van der Waals surface area contributed by atoms with E-state index in [1.807, 2.05) is 16.9 Å². The van der Waals surface area contributed by atoms with Gasteiger partial charge in [-0.2, -0.15) is 5.10 Å². The second-order valence-corrected chi connectivity index (χ2v) is 2.52. The van der Waals surface area contributed by atoms with Gasteiger partial charge in [0.05, 0.1) is 6.20 Å². The molecular weight excluding hydrogens is 138 g/mol. The van der Waals surface area contributed by atoms with Crippen LogP contribution >= 0.6 is 0 Å². The average molecular weight is 153 g/mol. The number of nitrogens with zero attached hydrogens (tertiary/aromatic N) is 3. The minimum atomic E-state index is 0.937. The molecule has 11 heavy (non-hydrogen) atoms. The van der Waals surface area contributed by atoms with E-state index in [0.29, 0.717) is 0 Å². The van der Waals surface area contributed by atoms with Crippen molar-refractivity contribution in [1.29, 1.82) is 0 Å². The SMILES string of the molecule is CCN(C)c1ccnn1CC. The molecular formula is C8H15N3. The largest absolute Gasteiger partial charge is 0.360 e. The first-order valence-corrected chi connectivity index (χ1v) is 4.02. The van der Waals surface area contributed by atoms with E-state index in [4.69, 9.17) is 0 Å². The highest BCUT2D eigenvalue weighted by Crippen LogP contribution is 2.09. The molecule has 0 radical (unpaired) electrons. The Morgan fingerprint density at radius 3 is 2.82 bits per heavy atom. The summed E-state index contributed by atoms with van der Waals surface area (Å²) in [6.45, 7) is 6.19. The highest BCUT2D eigenvalue weighted by Gasteiger charge is 2.02. The zero-order valence-corrected chi connectivity index (χ0v) is 7.41. The lowest BCUT2D eigenvalue weighted by Gasteiger charge is -2.16. The first-order chi connectivity index (χ1) is 5.29. The number of aromatic nitrogens is 2. The topological polar surface area (TPSA) is 21.1 Å². The van der Waals surface area contributed by atoms with Gasteiger partial charge in [-0.3, -0.25) is 4.68 Å². The molecule has 3 heteroatoms. The maximum Gasteiger partial charge on any atom is 0.126 e. The van der Waals surface area contributed by atoms with Crippen LogP contribution in [0.2, 0.25) is 0 Å². The zero-order chi connectivity index (χ0) is 8.27. The van der Waals surface area contributed by atoms with E-state index in [-0.39, 0.29) is 0 Å². The van der Waals surface area contributed by atoms with Gasteiger partial charge in [0.1, 0.15) is 5.82 Å². The van der Waals surface area contributed by atoms with Gasteiger partial charge in [-0.05, 0) is 13.8 Å². The van der Waals surface area contributed by atoms with Crippen LogP contribution in [0.5, 0.6) is 0 Å². The fourth-order valence-electron chi connectivity index (χ4n) is 1.06. The molecule has 0 saturated carbocycles. The molecule has 1 aromatic rings. The van der Waals surface area contributed by atoms with Crippen molar-refractivity contribution in [2.75, 3.05) is 18.5 Å². The van der Waals surface area contributed by atoms with Crippen LogP contribution in [0.25, 0.3) is 0 Å². The van der Waals surface area contributed by atoms with E-state index < -0.39 is 0 Å². The van der Waals surface area contributed by atoms with Gasteiger partial charge in [-0.1, -0.05) is 0 Å². The van der Waals surface area contributed by atoms with E-state index in [2.05, 4.69) is 30.9 Å². The maximum atomic E-state index is 4.18. The molecule has 0 saturated heterocycles. The summed E-state index contributed by atoms with van der Waals surface area (Å²) in [5.41, 5.74) is 0. The quantitative estimate of drug-likeness (QED) is 0.653. The van der Waals surface area contributed by atoms with Crippen LogP contribution in [0.1, 0.15) is 13.8 Å². The monoisotopic (exact) mass is 153 g/mol. The van der Waals surface area contributed by atoms with Crippen LogP contribution in [0, 0.1) is 0 Å². The lowest BCUT2D eigenvalue weighted by molar-refractivity contribution is 0.649. The van der Waals surface area contributed by atoms with Gasteiger partial charge in [0.2, 0.25) is 0 Å². The predicted molar refractivity (Wildman–Crippen MR) is 46.8 cm³/mol. The first kappa shape index (κ1) is 8.11. The summed E-state index contributed by atoms with van der Waals surface area (Å²) >= 11 is 0. The van der Waals surface area contributed by atoms with Gasteiger partial charge in [-0.25, -0.2) is 0 Å². The Morgan fingerprint density at radius 1 is 1.55 bits per heavy atom. The average Bonchev–Trinajstić information content (AvgIpc) is 2.50. The predicted octanol–water partition coefficient (Wildman–Crippen LogP) is 1.36.